The smallest absolute Gasteiger partial charge is 0.272 e. The van der Waals surface area contributed by atoms with Gasteiger partial charge in [0, 0.05) is 24.8 Å². The molecule has 4 rings (SSSR count). The summed E-state index contributed by atoms with van der Waals surface area (Å²) in [6.07, 6.45) is 5.33. The number of amides is 2. The predicted octanol–water partition coefficient (Wildman–Crippen LogP) is 2.61. The highest BCUT2D eigenvalue weighted by atomic mass is 35.5. The zero-order valence-corrected chi connectivity index (χ0v) is 16.7. The number of nitrogens with zero attached hydrogens (tertiary/aromatic N) is 2. The summed E-state index contributed by atoms with van der Waals surface area (Å²) in [6.45, 7) is 3.90. The van der Waals surface area contributed by atoms with Crippen molar-refractivity contribution in [1.29, 1.82) is 0 Å². The first kappa shape index (κ1) is 20.4. The average molecular weight is 404 g/mol. The SMILES string of the molecule is CC(NC(=O)c1ccn(C2CCCNC2)n1)c1ccc2c(c1)CCC(=O)N2.Cl. The van der Waals surface area contributed by atoms with E-state index in [0.717, 1.165) is 49.2 Å². The first-order valence-corrected chi connectivity index (χ1v) is 9.59. The van der Waals surface area contributed by atoms with Crippen molar-refractivity contribution in [1.82, 2.24) is 20.4 Å². The molecule has 3 heterocycles. The van der Waals surface area contributed by atoms with E-state index in [-0.39, 0.29) is 30.3 Å². The lowest BCUT2D eigenvalue weighted by Crippen LogP contribution is -2.32. The summed E-state index contributed by atoms with van der Waals surface area (Å²) in [5, 5.41) is 13.8. The molecule has 1 aromatic carbocycles. The van der Waals surface area contributed by atoms with Gasteiger partial charge < -0.3 is 16.0 Å². The van der Waals surface area contributed by atoms with Crippen molar-refractivity contribution in [3.63, 3.8) is 0 Å². The van der Waals surface area contributed by atoms with Crippen LogP contribution in [0.1, 0.15) is 59.9 Å². The van der Waals surface area contributed by atoms with E-state index in [1.807, 2.05) is 29.9 Å². The summed E-state index contributed by atoms with van der Waals surface area (Å²) in [7, 11) is 0. The van der Waals surface area contributed by atoms with E-state index in [1.165, 1.54) is 0 Å². The van der Waals surface area contributed by atoms with Gasteiger partial charge in [0.05, 0.1) is 12.1 Å². The van der Waals surface area contributed by atoms with Crippen molar-refractivity contribution in [2.45, 2.75) is 44.7 Å². The van der Waals surface area contributed by atoms with E-state index in [0.29, 0.717) is 18.2 Å². The van der Waals surface area contributed by atoms with Gasteiger partial charge in [0.2, 0.25) is 5.91 Å². The van der Waals surface area contributed by atoms with Gasteiger partial charge in [-0.05, 0) is 56.0 Å². The Hall–Kier alpha value is -2.38. The third kappa shape index (κ3) is 4.36. The minimum atomic E-state index is -0.170. The monoisotopic (exact) mass is 403 g/mol. The normalized spacial score (nSPS) is 19.8. The van der Waals surface area contributed by atoms with Gasteiger partial charge in [0.15, 0.2) is 0 Å². The first-order chi connectivity index (χ1) is 13.1. The zero-order valence-electron chi connectivity index (χ0n) is 15.9. The molecule has 0 saturated carbocycles. The van der Waals surface area contributed by atoms with E-state index < -0.39 is 0 Å². The van der Waals surface area contributed by atoms with E-state index in [2.05, 4.69) is 27.1 Å². The molecule has 1 saturated heterocycles. The van der Waals surface area contributed by atoms with Crippen LogP contribution in [0, 0.1) is 0 Å². The maximum absolute atomic E-state index is 12.6. The second-order valence-corrected chi connectivity index (χ2v) is 7.34. The fraction of sp³-hybridized carbons (Fsp3) is 0.450. The summed E-state index contributed by atoms with van der Waals surface area (Å²) in [4.78, 5) is 24.1. The van der Waals surface area contributed by atoms with Crippen molar-refractivity contribution in [2.75, 3.05) is 18.4 Å². The third-order valence-corrected chi connectivity index (χ3v) is 5.36. The largest absolute Gasteiger partial charge is 0.344 e. The summed E-state index contributed by atoms with van der Waals surface area (Å²) in [6, 6.07) is 7.87. The number of benzene rings is 1. The lowest BCUT2D eigenvalue weighted by molar-refractivity contribution is -0.116. The third-order valence-electron chi connectivity index (χ3n) is 5.36. The van der Waals surface area contributed by atoms with Gasteiger partial charge in [-0.1, -0.05) is 12.1 Å². The zero-order chi connectivity index (χ0) is 18.8. The lowest BCUT2D eigenvalue weighted by atomic mass is 9.98. The molecule has 2 atom stereocenters. The van der Waals surface area contributed by atoms with Crippen molar-refractivity contribution in [2.24, 2.45) is 0 Å². The van der Waals surface area contributed by atoms with Crippen molar-refractivity contribution < 1.29 is 9.59 Å². The van der Waals surface area contributed by atoms with Gasteiger partial charge in [0.1, 0.15) is 5.69 Å². The molecular weight excluding hydrogens is 378 g/mol. The molecular formula is C20H26ClN5O2. The first-order valence-electron chi connectivity index (χ1n) is 9.59. The molecule has 2 amide bonds. The molecule has 2 unspecified atom stereocenters. The number of carbonyl (C=O) groups is 2. The molecule has 3 N–H and O–H groups in total. The van der Waals surface area contributed by atoms with Crippen molar-refractivity contribution >= 4 is 29.9 Å². The number of carbonyl (C=O) groups excluding carboxylic acids is 2. The second kappa shape index (κ2) is 8.75. The van der Waals surface area contributed by atoms with E-state index in [1.54, 1.807) is 6.07 Å². The van der Waals surface area contributed by atoms with Crippen LogP contribution in [0.4, 0.5) is 5.69 Å². The van der Waals surface area contributed by atoms with E-state index in [4.69, 9.17) is 0 Å². The minimum Gasteiger partial charge on any atom is -0.344 e. The highest BCUT2D eigenvalue weighted by molar-refractivity contribution is 5.94. The van der Waals surface area contributed by atoms with Crippen LogP contribution in [0.2, 0.25) is 0 Å². The molecule has 28 heavy (non-hydrogen) atoms. The van der Waals surface area contributed by atoms with Gasteiger partial charge in [0.25, 0.3) is 5.91 Å². The van der Waals surface area contributed by atoms with Crippen LogP contribution < -0.4 is 16.0 Å². The number of anilines is 1. The molecule has 7 nitrogen and oxygen atoms in total. The Morgan fingerprint density at radius 2 is 2.18 bits per heavy atom. The Bertz CT molecular complexity index is 860. The van der Waals surface area contributed by atoms with Crippen molar-refractivity contribution in [3.05, 3.63) is 47.3 Å². The number of rotatable bonds is 4. The molecule has 1 aromatic heterocycles. The standard InChI is InChI=1S/C20H25N5O2.ClH/c1-13(14-4-6-17-15(11-14)5-7-19(26)23-17)22-20(27)18-8-10-25(24-18)16-3-2-9-21-12-16;/h4,6,8,10-11,13,16,21H,2-3,5,7,9,12H2,1H3,(H,22,27)(H,23,26);1H. The average Bonchev–Trinajstić information content (AvgIpc) is 3.18. The van der Waals surface area contributed by atoms with Crippen LogP contribution in [0.3, 0.4) is 0 Å². The fourth-order valence-electron chi connectivity index (χ4n) is 3.75. The van der Waals surface area contributed by atoms with E-state index >= 15 is 0 Å². The molecule has 2 aliphatic rings. The molecule has 1 fully saturated rings. The summed E-state index contributed by atoms with van der Waals surface area (Å²) in [5.41, 5.74) is 3.45. The van der Waals surface area contributed by atoms with Crippen LogP contribution in [-0.4, -0.2) is 34.7 Å². The Kier molecular flexibility index (Phi) is 6.36. The maximum atomic E-state index is 12.6. The number of hydrogen-bond acceptors (Lipinski definition) is 4. The quantitative estimate of drug-likeness (QED) is 0.732. The number of nitrogens with one attached hydrogen (secondary N) is 3. The molecule has 8 heteroatoms. The van der Waals surface area contributed by atoms with E-state index in [9.17, 15) is 9.59 Å². The molecule has 2 aliphatic heterocycles. The minimum absolute atomic E-state index is 0. The van der Waals surface area contributed by atoms with Crippen LogP contribution in [0.25, 0.3) is 0 Å². The van der Waals surface area contributed by atoms with Crippen LogP contribution in [-0.2, 0) is 11.2 Å². The number of halogens is 1. The summed E-state index contributed by atoms with van der Waals surface area (Å²) < 4.78 is 1.90. The van der Waals surface area contributed by atoms with Gasteiger partial charge in [-0.3, -0.25) is 14.3 Å². The van der Waals surface area contributed by atoms with Gasteiger partial charge >= 0.3 is 0 Å². The Morgan fingerprint density at radius 3 is 2.96 bits per heavy atom. The topological polar surface area (TPSA) is 88.1 Å². The van der Waals surface area contributed by atoms with Gasteiger partial charge in [-0.2, -0.15) is 5.10 Å². The van der Waals surface area contributed by atoms with Crippen LogP contribution in [0.5, 0.6) is 0 Å². The Labute approximate surface area is 170 Å². The van der Waals surface area contributed by atoms with Crippen LogP contribution >= 0.6 is 12.4 Å². The number of aryl methyl sites for hydroxylation is 1. The highest BCUT2D eigenvalue weighted by Crippen LogP contribution is 2.26. The van der Waals surface area contributed by atoms with Gasteiger partial charge in [-0.25, -0.2) is 0 Å². The molecule has 150 valence electrons. The molecule has 0 aliphatic carbocycles. The predicted molar refractivity (Wildman–Crippen MR) is 110 cm³/mol. The number of aromatic nitrogens is 2. The molecule has 0 spiro atoms. The second-order valence-electron chi connectivity index (χ2n) is 7.34. The number of hydrogen-bond donors (Lipinski definition) is 3. The molecule has 0 bridgehead atoms. The van der Waals surface area contributed by atoms with Crippen LogP contribution in [0.15, 0.2) is 30.5 Å². The molecule has 0 radical (unpaired) electrons. The number of fused-ring (bicyclic) bond motifs is 1. The summed E-state index contributed by atoms with van der Waals surface area (Å²) in [5.74, 6) is -0.114. The summed E-state index contributed by atoms with van der Waals surface area (Å²) >= 11 is 0. The Morgan fingerprint density at radius 1 is 1.32 bits per heavy atom. The number of piperidine rings is 1. The Balaban J connectivity index is 0.00000225. The lowest BCUT2D eigenvalue weighted by Gasteiger charge is -2.23. The van der Waals surface area contributed by atoms with Crippen molar-refractivity contribution in [3.8, 4) is 0 Å². The highest BCUT2D eigenvalue weighted by Gasteiger charge is 2.20. The van der Waals surface area contributed by atoms with Gasteiger partial charge in [-0.15, -0.1) is 12.4 Å². The molecule has 2 aromatic rings. The maximum Gasteiger partial charge on any atom is 0.272 e. The fourth-order valence-corrected chi connectivity index (χ4v) is 3.75.